The number of aryl methyl sites for hydroxylation is 3. The summed E-state index contributed by atoms with van der Waals surface area (Å²) < 4.78 is 1.99. The van der Waals surface area contributed by atoms with Crippen molar-refractivity contribution in [1.29, 1.82) is 0 Å². The van der Waals surface area contributed by atoms with E-state index in [0.29, 0.717) is 5.56 Å². The number of rotatable bonds is 3. The molecule has 0 saturated carbocycles. The number of hydrogen-bond acceptors (Lipinski definition) is 4. The minimum atomic E-state index is 0.659. The zero-order valence-corrected chi connectivity index (χ0v) is 14.4. The average Bonchev–Trinajstić information content (AvgIpc) is 2.95. The molecule has 0 atom stereocenters. The Morgan fingerprint density at radius 3 is 2.72 bits per heavy atom. The maximum Gasteiger partial charge on any atom is 0.161 e. The van der Waals surface area contributed by atoms with Gasteiger partial charge in [-0.05, 0) is 54.8 Å². The van der Waals surface area contributed by atoms with E-state index in [9.17, 15) is 4.79 Å². The maximum absolute atomic E-state index is 11.0. The standard InChI is InChI=1S/C20H18N4O/c1-4-14-9-15-8-13(11-25)5-6-16(15)22-18(14)20-23-17-7-12(2)10-21-19(17)24(20)3/h5-11H,4H2,1-3H3. The normalized spacial score (nSPS) is 11.3. The number of carbonyl (C=O) groups is 1. The molecule has 0 bridgehead atoms. The number of imidazole rings is 1. The third-order valence-corrected chi connectivity index (χ3v) is 4.49. The third kappa shape index (κ3) is 2.48. The fraction of sp³-hybridized carbons (Fsp3) is 0.200. The lowest BCUT2D eigenvalue weighted by Gasteiger charge is -2.09. The van der Waals surface area contributed by atoms with Crippen LogP contribution in [0.25, 0.3) is 33.6 Å². The van der Waals surface area contributed by atoms with Crippen molar-refractivity contribution in [3.05, 3.63) is 53.2 Å². The lowest BCUT2D eigenvalue weighted by molar-refractivity contribution is 0.112. The fourth-order valence-electron chi connectivity index (χ4n) is 3.16. The zero-order valence-electron chi connectivity index (χ0n) is 14.4. The molecule has 0 aliphatic carbocycles. The summed E-state index contributed by atoms with van der Waals surface area (Å²) in [5.74, 6) is 0.811. The summed E-state index contributed by atoms with van der Waals surface area (Å²) in [5.41, 5.74) is 6.29. The van der Waals surface area contributed by atoms with Gasteiger partial charge in [-0.2, -0.15) is 0 Å². The van der Waals surface area contributed by atoms with Crippen LogP contribution in [-0.4, -0.2) is 25.8 Å². The highest BCUT2D eigenvalue weighted by molar-refractivity contribution is 5.89. The molecule has 25 heavy (non-hydrogen) atoms. The van der Waals surface area contributed by atoms with Crippen molar-refractivity contribution in [2.45, 2.75) is 20.3 Å². The van der Waals surface area contributed by atoms with Crippen LogP contribution in [0.1, 0.15) is 28.4 Å². The summed E-state index contributed by atoms with van der Waals surface area (Å²) in [5, 5.41) is 0.970. The van der Waals surface area contributed by atoms with E-state index < -0.39 is 0 Å². The van der Waals surface area contributed by atoms with Gasteiger partial charge in [-0.25, -0.2) is 15.0 Å². The second kappa shape index (κ2) is 5.77. The number of aldehydes is 1. The molecule has 124 valence electrons. The fourth-order valence-corrected chi connectivity index (χ4v) is 3.16. The molecule has 0 amide bonds. The van der Waals surface area contributed by atoms with Crippen LogP contribution in [0.15, 0.2) is 36.5 Å². The Labute approximate surface area is 145 Å². The topological polar surface area (TPSA) is 60.7 Å². The van der Waals surface area contributed by atoms with Crippen molar-refractivity contribution < 1.29 is 4.79 Å². The Bertz CT molecular complexity index is 1130. The smallest absolute Gasteiger partial charge is 0.161 e. The van der Waals surface area contributed by atoms with Crippen LogP contribution in [0, 0.1) is 6.92 Å². The minimum Gasteiger partial charge on any atom is -0.311 e. The molecule has 0 aliphatic rings. The molecule has 0 radical (unpaired) electrons. The summed E-state index contributed by atoms with van der Waals surface area (Å²) >= 11 is 0. The molecule has 4 rings (SSSR count). The lowest BCUT2D eigenvalue weighted by Crippen LogP contribution is -2.00. The summed E-state index contributed by atoms with van der Waals surface area (Å²) in [7, 11) is 1.97. The Hall–Kier alpha value is -3.08. The van der Waals surface area contributed by atoms with Crippen LogP contribution in [0.2, 0.25) is 0 Å². The molecule has 0 spiro atoms. The van der Waals surface area contributed by atoms with Crippen LogP contribution in [-0.2, 0) is 13.5 Å². The first-order chi connectivity index (χ1) is 12.1. The third-order valence-electron chi connectivity index (χ3n) is 4.49. The van der Waals surface area contributed by atoms with E-state index in [-0.39, 0.29) is 0 Å². The zero-order chi connectivity index (χ0) is 17.6. The van der Waals surface area contributed by atoms with Gasteiger partial charge < -0.3 is 4.57 Å². The van der Waals surface area contributed by atoms with Gasteiger partial charge in [0.15, 0.2) is 11.5 Å². The molecule has 0 N–H and O–H groups in total. The second-order valence-corrected chi connectivity index (χ2v) is 6.27. The Morgan fingerprint density at radius 2 is 1.96 bits per heavy atom. The predicted octanol–water partition coefficient (Wildman–Crippen LogP) is 3.87. The molecule has 3 heterocycles. The molecule has 4 aromatic rings. The van der Waals surface area contributed by atoms with Gasteiger partial charge in [-0.1, -0.05) is 6.92 Å². The van der Waals surface area contributed by atoms with Gasteiger partial charge in [-0.3, -0.25) is 4.79 Å². The van der Waals surface area contributed by atoms with Gasteiger partial charge in [0.2, 0.25) is 0 Å². The number of aromatic nitrogens is 4. The molecule has 1 aromatic carbocycles. The van der Waals surface area contributed by atoms with E-state index in [1.165, 1.54) is 0 Å². The van der Waals surface area contributed by atoms with Gasteiger partial charge in [0.1, 0.15) is 17.5 Å². The van der Waals surface area contributed by atoms with Crippen molar-refractivity contribution in [2.75, 3.05) is 0 Å². The van der Waals surface area contributed by atoms with Crippen LogP contribution in [0.5, 0.6) is 0 Å². The van der Waals surface area contributed by atoms with Gasteiger partial charge >= 0.3 is 0 Å². The molecule has 3 aromatic heterocycles. The monoisotopic (exact) mass is 330 g/mol. The summed E-state index contributed by atoms with van der Waals surface area (Å²) in [6.45, 7) is 4.11. The quantitative estimate of drug-likeness (QED) is 0.535. The second-order valence-electron chi connectivity index (χ2n) is 6.27. The largest absolute Gasteiger partial charge is 0.311 e. The molecular weight excluding hydrogens is 312 g/mol. The molecular formula is C20H18N4O. The number of hydrogen-bond donors (Lipinski definition) is 0. The van der Waals surface area contributed by atoms with Crippen molar-refractivity contribution in [3.63, 3.8) is 0 Å². The summed E-state index contributed by atoms with van der Waals surface area (Å²) in [6.07, 6.45) is 3.54. The molecule has 0 aliphatic heterocycles. The molecule has 5 heteroatoms. The average molecular weight is 330 g/mol. The number of benzene rings is 1. The predicted molar refractivity (Wildman–Crippen MR) is 98.7 cm³/mol. The van der Waals surface area contributed by atoms with Gasteiger partial charge in [-0.15, -0.1) is 0 Å². The van der Waals surface area contributed by atoms with Crippen LogP contribution in [0.3, 0.4) is 0 Å². The van der Waals surface area contributed by atoms with Crippen LogP contribution >= 0.6 is 0 Å². The summed E-state index contributed by atoms with van der Waals surface area (Å²) in [4.78, 5) is 25.1. The number of carbonyl (C=O) groups excluding carboxylic acids is 1. The van der Waals surface area contributed by atoms with E-state index in [0.717, 1.165) is 57.4 Å². The molecule has 5 nitrogen and oxygen atoms in total. The van der Waals surface area contributed by atoms with Gasteiger partial charge in [0, 0.05) is 24.2 Å². The van der Waals surface area contributed by atoms with Crippen molar-refractivity contribution in [1.82, 2.24) is 19.5 Å². The van der Waals surface area contributed by atoms with Crippen molar-refractivity contribution in [2.24, 2.45) is 7.05 Å². The molecule has 0 saturated heterocycles. The maximum atomic E-state index is 11.0. The van der Waals surface area contributed by atoms with Crippen LogP contribution < -0.4 is 0 Å². The number of fused-ring (bicyclic) bond motifs is 2. The van der Waals surface area contributed by atoms with E-state index >= 15 is 0 Å². The van der Waals surface area contributed by atoms with E-state index in [2.05, 4.69) is 18.0 Å². The Kier molecular flexibility index (Phi) is 3.57. The van der Waals surface area contributed by atoms with E-state index in [4.69, 9.17) is 9.97 Å². The van der Waals surface area contributed by atoms with E-state index in [1.807, 2.05) is 42.9 Å². The highest BCUT2D eigenvalue weighted by Gasteiger charge is 2.16. The van der Waals surface area contributed by atoms with E-state index in [1.54, 1.807) is 6.07 Å². The van der Waals surface area contributed by atoms with Crippen molar-refractivity contribution >= 4 is 28.4 Å². The Morgan fingerprint density at radius 1 is 1.12 bits per heavy atom. The molecule has 0 fully saturated rings. The molecule has 0 unspecified atom stereocenters. The first kappa shape index (κ1) is 15.4. The first-order valence-corrected chi connectivity index (χ1v) is 8.29. The summed E-state index contributed by atoms with van der Waals surface area (Å²) in [6, 6.07) is 9.68. The van der Waals surface area contributed by atoms with Crippen molar-refractivity contribution in [3.8, 4) is 11.5 Å². The van der Waals surface area contributed by atoms with Gasteiger partial charge in [0.25, 0.3) is 0 Å². The first-order valence-electron chi connectivity index (χ1n) is 8.29. The van der Waals surface area contributed by atoms with Crippen LogP contribution in [0.4, 0.5) is 0 Å². The Balaban J connectivity index is 1.99. The number of nitrogens with zero attached hydrogens (tertiary/aromatic N) is 4. The highest BCUT2D eigenvalue weighted by Crippen LogP contribution is 2.28. The SMILES string of the molecule is CCc1cc2cc(C=O)ccc2nc1-c1nc2cc(C)cnc2n1C. The highest BCUT2D eigenvalue weighted by atomic mass is 16.1. The lowest BCUT2D eigenvalue weighted by atomic mass is 10.0. The number of pyridine rings is 2. The van der Waals surface area contributed by atoms with Gasteiger partial charge in [0.05, 0.1) is 5.52 Å². The minimum absolute atomic E-state index is 0.659.